The van der Waals surface area contributed by atoms with Gasteiger partial charge in [0.2, 0.25) is 0 Å². The lowest BCUT2D eigenvalue weighted by atomic mass is 9.99. The molecular weight excluding hydrogens is 299 g/mol. The normalized spacial score (nSPS) is 19.4. The van der Waals surface area contributed by atoms with Gasteiger partial charge in [-0.25, -0.2) is 14.2 Å². The molecular formula is C16H15FN4O2. The molecule has 4 rings (SSSR count). The summed E-state index contributed by atoms with van der Waals surface area (Å²) in [5.41, 5.74) is 1.86. The lowest BCUT2D eigenvalue weighted by Crippen LogP contribution is -2.54. The Labute approximate surface area is 132 Å². The summed E-state index contributed by atoms with van der Waals surface area (Å²) in [6.07, 6.45) is 3.44. The van der Waals surface area contributed by atoms with Gasteiger partial charge >= 0.3 is 6.09 Å². The van der Waals surface area contributed by atoms with E-state index in [4.69, 9.17) is 0 Å². The van der Waals surface area contributed by atoms with Crippen LogP contribution in [0.4, 0.5) is 20.7 Å². The average Bonchev–Trinajstić information content (AvgIpc) is 2.54. The number of halogens is 1. The number of hydrogen-bond acceptors (Lipinski definition) is 4. The van der Waals surface area contributed by atoms with Crippen molar-refractivity contribution in [3.05, 3.63) is 36.4 Å². The fraction of sp³-hybridized carbons (Fsp3) is 0.312. The monoisotopic (exact) mass is 314 g/mol. The second kappa shape index (κ2) is 5.19. The molecule has 23 heavy (non-hydrogen) atoms. The van der Waals surface area contributed by atoms with Crippen LogP contribution in [0.1, 0.15) is 12.8 Å². The van der Waals surface area contributed by atoms with Gasteiger partial charge in [0.15, 0.2) is 5.82 Å². The number of amides is 1. The van der Waals surface area contributed by atoms with Crippen LogP contribution in [0, 0.1) is 5.82 Å². The molecule has 2 aromatic rings. The second-order valence-electron chi connectivity index (χ2n) is 5.83. The highest BCUT2D eigenvalue weighted by atomic mass is 19.1. The quantitative estimate of drug-likeness (QED) is 0.876. The molecule has 4 heterocycles. The molecule has 7 heteroatoms. The number of fused-ring (bicyclic) bond motifs is 4. The van der Waals surface area contributed by atoms with Crippen molar-refractivity contribution in [3.63, 3.8) is 0 Å². The number of anilines is 2. The van der Waals surface area contributed by atoms with Gasteiger partial charge in [-0.15, -0.1) is 0 Å². The summed E-state index contributed by atoms with van der Waals surface area (Å²) in [6.45, 7) is 1.60. The largest absolute Gasteiger partial charge is 0.465 e. The summed E-state index contributed by atoms with van der Waals surface area (Å²) < 4.78 is 13.4. The molecule has 2 aliphatic heterocycles. The SMILES string of the molecule is O=C(O)N1c2nc(-c3cncc(F)c3)ccc2N2CCCC1C2. The maximum atomic E-state index is 13.4. The Morgan fingerprint density at radius 1 is 1.35 bits per heavy atom. The minimum Gasteiger partial charge on any atom is -0.465 e. The van der Waals surface area contributed by atoms with Gasteiger partial charge in [-0.05, 0) is 31.0 Å². The standard InChI is InChI=1S/C16H15FN4O2/c17-11-6-10(7-18-8-11)13-3-4-14-15(19-13)21(16(22)23)12-2-1-5-20(14)9-12/h3-4,6-8,12H,1-2,5,9H2,(H,22,23). The van der Waals surface area contributed by atoms with Crippen LogP contribution in [-0.2, 0) is 0 Å². The van der Waals surface area contributed by atoms with Crippen molar-refractivity contribution in [2.45, 2.75) is 18.9 Å². The molecule has 6 nitrogen and oxygen atoms in total. The molecule has 1 unspecified atom stereocenters. The zero-order chi connectivity index (χ0) is 16.0. The van der Waals surface area contributed by atoms with Gasteiger partial charge in [0.25, 0.3) is 0 Å². The molecule has 0 radical (unpaired) electrons. The van der Waals surface area contributed by atoms with Crippen LogP contribution in [0.3, 0.4) is 0 Å². The molecule has 1 atom stereocenters. The fourth-order valence-corrected chi connectivity index (χ4v) is 3.38. The van der Waals surface area contributed by atoms with Crippen LogP contribution in [-0.4, -0.2) is 40.3 Å². The zero-order valence-electron chi connectivity index (χ0n) is 12.3. The summed E-state index contributed by atoms with van der Waals surface area (Å²) in [4.78, 5) is 23.6. The Balaban J connectivity index is 1.84. The molecule has 118 valence electrons. The van der Waals surface area contributed by atoms with Crippen LogP contribution < -0.4 is 9.80 Å². The molecule has 2 aromatic heterocycles. The summed E-state index contributed by atoms with van der Waals surface area (Å²) in [7, 11) is 0. The Morgan fingerprint density at radius 2 is 2.22 bits per heavy atom. The van der Waals surface area contributed by atoms with E-state index in [-0.39, 0.29) is 6.04 Å². The third-order valence-electron chi connectivity index (χ3n) is 4.39. The fourth-order valence-electron chi connectivity index (χ4n) is 3.38. The predicted octanol–water partition coefficient (Wildman–Crippen LogP) is 2.75. The number of pyridine rings is 2. The highest BCUT2D eigenvalue weighted by Gasteiger charge is 2.38. The van der Waals surface area contributed by atoms with Gasteiger partial charge in [-0.2, -0.15) is 0 Å². The Bertz CT molecular complexity index is 782. The van der Waals surface area contributed by atoms with Crippen LogP contribution >= 0.6 is 0 Å². The maximum Gasteiger partial charge on any atom is 0.413 e. The van der Waals surface area contributed by atoms with E-state index < -0.39 is 11.9 Å². The summed E-state index contributed by atoms with van der Waals surface area (Å²) >= 11 is 0. The Hall–Kier alpha value is -2.70. The molecule has 0 aromatic carbocycles. The molecule has 1 saturated heterocycles. The molecule has 2 aliphatic rings. The highest BCUT2D eigenvalue weighted by molar-refractivity contribution is 5.92. The van der Waals surface area contributed by atoms with Crippen LogP contribution in [0.15, 0.2) is 30.6 Å². The summed E-state index contributed by atoms with van der Waals surface area (Å²) in [5, 5.41) is 9.60. The predicted molar refractivity (Wildman–Crippen MR) is 83.2 cm³/mol. The highest BCUT2D eigenvalue weighted by Crippen LogP contribution is 2.39. The van der Waals surface area contributed by atoms with Crippen molar-refractivity contribution in [2.75, 3.05) is 22.9 Å². The van der Waals surface area contributed by atoms with Gasteiger partial charge in [0.05, 0.1) is 23.6 Å². The average molecular weight is 314 g/mol. The van der Waals surface area contributed by atoms with Crippen molar-refractivity contribution >= 4 is 17.6 Å². The van der Waals surface area contributed by atoms with Gasteiger partial charge in [0.1, 0.15) is 5.82 Å². The van der Waals surface area contributed by atoms with Gasteiger partial charge in [-0.3, -0.25) is 9.88 Å². The summed E-state index contributed by atoms with van der Waals surface area (Å²) in [5.74, 6) is -0.0204. The van der Waals surface area contributed by atoms with Crippen LogP contribution in [0.5, 0.6) is 0 Å². The first-order chi connectivity index (χ1) is 11.1. The smallest absolute Gasteiger partial charge is 0.413 e. The van der Waals surface area contributed by atoms with Gasteiger partial charge in [-0.1, -0.05) is 0 Å². The van der Waals surface area contributed by atoms with Gasteiger partial charge < -0.3 is 10.0 Å². The molecule has 2 bridgehead atoms. The lowest BCUT2D eigenvalue weighted by molar-refractivity contribution is 0.197. The first-order valence-corrected chi connectivity index (χ1v) is 7.52. The molecule has 0 saturated carbocycles. The maximum absolute atomic E-state index is 13.4. The minimum atomic E-state index is -1.00. The number of nitrogens with zero attached hydrogens (tertiary/aromatic N) is 4. The number of aromatic nitrogens is 2. The molecule has 0 spiro atoms. The van der Waals surface area contributed by atoms with E-state index in [0.717, 1.165) is 31.3 Å². The second-order valence-corrected chi connectivity index (χ2v) is 5.83. The van der Waals surface area contributed by atoms with E-state index in [2.05, 4.69) is 14.9 Å². The van der Waals surface area contributed by atoms with E-state index in [1.165, 1.54) is 17.2 Å². The van der Waals surface area contributed by atoms with Gasteiger partial charge in [0, 0.05) is 24.8 Å². The lowest BCUT2D eigenvalue weighted by Gasteiger charge is -2.44. The number of carbonyl (C=O) groups is 1. The Kier molecular flexibility index (Phi) is 3.14. The molecule has 0 aliphatic carbocycles. The van der Waals surface area contributed by atoms with Crippen molar-refractivity contribution in [3.8, 4) is 11.3 Å². The minimum absolute atomic E-state index is 0.0814. The number of rotatable bonds is 1. The van der Waals surface area contributed by atoms with Crippen LogP contribution in [0.2, 0.25) is 0 Å². The van der Waals surface area contributed by atoms with E-state index in [1.54, 1.807) is 6.07 Å². The Morgan fingerprint density at radius 3 is 3.00 bits per heavy atom. The van der Waals surface area contributed by atoms with E-state index in [0.29, 0.717) is 23.6 Å². The van der Waals surface area contributed by atoms with E-state index in [1.807, 2.05) is 6.07 Å². The first-order valence-electron chi connectivity index (χ1n) is 7.52. The molecule has 1 N–H and O–H groups in total. The number of hydrogen-bond donors (Lipinski definition) is 1. The third kappa shape index (κ3) is 2.28. The molecule has 1 fully saturated rings. The number of piperidine rings is 1. The zero-order valence-corrected chi connectivity index (χ0v) is 12.3. The van der Waals surface area contributed by atoms with Crippen molar-refractivity contribution in [2.24, 2.45) is 0 Å². The van der Waals surface area contributed by atoms with Crippen molar-refractivity contribution < 1.29 is 14.3 Å². The van der Waals surface area contributed by atoms with E-state index in [9.17, 15) is 14.3 Å². The van der Waals surface area contributed by atoms with E-state index >= 15 is 0 Å². The third-order valence-corrected chi connectivity index (χ3v) is 4.39. The molecule has 1 amide bonds. The summed E-state index contributed by atoms with van der Waals surface area (Å²) in [6, 6.07) is 4.91. The van der Waals surface area contributed by atoms with Crippen molar-refractivity contribution in [1.29, 1.82) is 0 Å². The number of carboxylic acid groups (broad SMARTS) is 1. The van der Waals surface area contributed by atoms with Crippen LogP contribution in [0.25, 0.3) is 11.3 Å². The topological polar surface area (TPSA) is 69.6 Å². The first kappa shape index (κ1) is 13.9. The van der Waals surface area contributed by atoms with Crippen molar-refractivity contribution in [1.82, 2.24) is 9.97 Å².